The summed E-state index contributed by atoms with van der Waals surface area (Å²) in [5, 5.41) is 5.43. The van der Waals surface area contributed by atoms with Gasteiger partial charge in [0.25, 0.3) is 0 Å². The molecule has 1 aliphatic rings. The molecule has 1 aliphatic heterocycles. The maximum absolute atomic E-state index is 14.1. The van der Waals surface area contributed by atoms with E-state index in [-0.39, 0.29) is 24.6 Å². The minimum atomic E-state index is -0.791. The zero-order chi connectivity index (χ0) is 25.5. The fourth-order valence-electron chi connectivity index (χ4n) is 3.81. The molecule has 0 bridgehead atoms. The van der Waals surface area contributed by atoms with Crippen LogP contribution in [-0.2, 0) is 23.7 Å². The van der Waals surface area contributed by atoms with Crippen molar-refractivity contribution in [3.8, 4) is 0 Å². The zero-order valence-electron chi connectivity index (χ0n) is 20.4. The summed E-state index contributed by atoms with van der Waals surface area (Å²) in [6.45, 7) is 7.67. The van der Waals surface area contributed by atoms with Crippen molar-refractivity contribution in [2.24, 2.45) is 5.92 Å². The van der Waals surface area contributed by atoms with E-state index >= 15 is 0 Å². The Morgan fingerprint density at radius 2 is 2.03 bits per heavy atom. The fourth-order valence-corrected chi connectivity index (χ4v) is 3.81. The molecule has 1 saturated heterocycles. The monoisotopic (exact) mass is 481 g/mol. The van der Waals surface area contributed by atoms with Crippen LogP contribution < -0.4 is 15.5 Å². The Kier molecular flexibility index (Phi) is 9.99. The van der Waals surface area contributed by atoms with E-state index in [4.69, 9.17) is 9.31 Å². The van der Waals surface area contributed by atoms with Crippen LogP contribution in [0.3, 0.4) is 0 Å². The van der Waals surface area contributed by atoms with Crippen molar-refractivity contribution in [3.05, 3.63) is 29.8 Å². The van der Waals surface area contributed by atoms with Gasteiger partial charge in [-0.2, -0.15) is 0 Å². The predicted octanol–water partition coefficient (Wildman–Crippen LogP) is 2.25. The summed E-state index contributed by atoms with van der Waals surface area (Å²) in [5.74, 6) is -2.58. The Morgan fingerprint density at radius 1 is 1.32 bits per heavy atom. The van der Waals surface area contributed by atoms with Gasteiger partial charge < -0.3 is 29.6 Å². The van der Waals surface area contributed by atoms with Crippen LogP contribution in [0.4, 0.5) is 14.5 Å². The first kappa shape index (κ1) is 27.7. The van der Waals surface area contributed by atoms with Crippen molar-refractivity contribution in [1.82, 2.24) is 10.6 Å². The molecule has 1 aromatic rings. The van der Waals surface area contributed by atoms with Gasteiger partial charge >= 0.3 is 7.12 Å². The number of hydrogen-bond acceptors (Lipinski definition) is 6. The number of carbonyl (C=O) groups excluding carboxylic acids is 3. The highest BCUT2D eigenvalue weighted by atomic mass is 19.1. The van der Waals surface area contributed by atoms with Crippen molar-refractivity contribution in [1.29, 1.82) is 0 Å². The lowest BCUT2D eigenvalue weighted by molar-refractivity contribution is -0.127. The molecule has 2 unspecified atom stereocenters. The molecular weight excluding hydrogens is 447 g/mol. The van der Waals surface area contributed by atoms with E-state index in [0.29, 0.717) is 19.4 Å². The molecule has 0 saturated carbocycles. The molecule has 2 N–H and O–H groups in total. The van der Waals surface area contributed by atoms with Crippen LogP contribution in [0.5, 0.6) is 0 Å². The van der Waals surface area contributed by atoms with Gasteiger partial charge in [-0.05, 0) is 44.7 Å². The predicted molar refractivity (Wildman–Crippen MR) is 125 cm³/mol. The van der Waals surface area contributed by atoms with E-state index in [0.717, 1.165) is 18.4 Å². The maximum atomic E-state index is 14.1. The topological polar surface area (TPSA) is 97.0 Å². The third-order valence-corrected chi connectivity index (χ3v) is 5.61. The van der Waals surface area contributed by atoms with Gasteiger partial charge in [0.2, 0.25) is 11.8 Å². The van der Waals surface area contributed by atoms with Crippen LogP contribution in [0.25, 0.3) is 0 Å². The Labute approximate surface area is 199 Å². The first-order chi connectivity index (χ1) is 16.0. The number of nitrogens with zero attached hydrogens (tertiary/aromatic N) is 1. The van der Waals surface area contributed by atoms with Gasteiger partial charge in [-0.15, -0.1) is 0 Å². The number of carbonyl (C=O) groups is 3. The molecule has 8 nitrogen and oxygen atoms in total. The second-order valence-electron chi connectivity index (χ2n) is 9.47. The highest BCUT2D eigenvalue weighted by molar-refractivity contribution is 6.47. The number of anilines is 1. The number of halogens is 2. The molecule has 0 spiro atoms. The maximum Gasteiger partial charge on any atom is 0.481 e. The summed E-state index contributed by atoms with van der Waals surface area (Å²) in [6, 6.07) is 2.57. The molecule has 2 amide bonds. The van der Waals surface area contributed by atoms with E-state index < -0.39 is 48.2 Å². The van der Waals surface area contributed by atoms with Crippen LogP contribution in [0.15, 0.2) is 18.2 Å². The van der Waals surface area contributed by atoms with E-state index in [1.807, 2.05) is 13.8 Å². The summed E-state index contributed by atoms with van der Waals surface area (Å²) in [4.78, 5) is 37.7. The van der Waals surface area contributed by atoms with Gasteiger partial charge in [-0.3, -0.25) is 9.59 Å². The van der Waals surface area contributed by atoms with Crippen LogP contribution in [0.1, 0.15) is 47.0 Å². The van der Waals surface area contributed by atoms with Gasteiger partial charge in [-0.25, -0.2) is 8.78 Å². The molecule has 188 valence electrons. The summed E-state index contributed by atoms with van der Waals surface area (Å²) >= 11 is 0. The highest BCUT2D eigenvalue weighted by Gasteiger charge is 2.38. The average molecular weight is 481 g/mol. The quantitative estimate of drug-likeness (QED) is 0.332. The summed E-state index contributed by atoms with van der Waals surface area (Å²) < 4.78 is 38.7. The highest BCUT2D eigenvalue weighted by Crippen LogP contribution is 2.29. The molecule has 1 aromatic carbocycles. The summed E-state index contributed by atoms with van der Waals surface area (Å²) in [5.41, 5.74) is -0.632. The van der Waals surface area contributed by atoms with Gasteiger partial charge in [0.05, 0.1) is 23.8 Å². The Balaban J connectivity index is 1.95. The second-order valence-corrected chi connectivity index (χ2v) is 9.47. The first-order valence-corrected chi connectivity index (χ1v) is 11.4. The lowest BCUT2D eigenvalue weighted by Gasteiger charge is -2.41. The normalized spacial score (nSPS) is 16.6. The number of nitrogens with one attached hydrogen (secondary N) is 2. The average Bonchev–Trinajstić information content (AvgIpc) is 2.71. The Morgan fingerprint density at radius 3 is 2.56 bits per heavy atom. The lowest BCUT2D eigenvalue weighted by atomic mass is 9.72. The molecule has 1 fully saturated rings. The van der Waals surface area contributed by atoms with Crippen molar-refractivity contribution in [2.75, 3.05) is 25.1 Å². The molecule has 34 heavy (non-hydrogen) atoms. The second kappa shape index (κ2) is 12.3. The van der Waals surface area contributed by atoms with Crippen molar-refractivity contribution >= 4 is 30.9 Å². The smallest absolute Gasteiger partial charge is 0.413 e. The largest absolute Gasteiger partial charge is 0.481 e. The molecule has 11 heteroatoms. The molecule has 2 rings (SSSR count). The van der Waals surface area contributed by atoms with Crippen LogP contribution in [0, 0.1) is 17.6 Å². The first-order valence-electron chi connectivity index (χ1n) is 11.4. The molecule has 0 radical (unpaired) electrons. The lowest BCUT2D eigenvalue weighted by Crippen LogP contribution is -2.58. The Bertz CT molecular complexity index is 871. The van der Waals surface area contributed by atoms with Gasteiger partial charge in [-0.1, -0.05) is 13.8 Å². The van der Waals surface area contributed by atoms with Crippen molar-refractivity contribution < 1.29 is 32.5 Å². The minimum Gasteiger partial charge on any atom is -0.413 e. The Hall–Kier alpha value is -2.53. The number of rotatable bonds is 13. The number of amides is 2. The van der Waals surface area contributed by atoms with Crippen LogP contribution >= 0.6 is 0 Å². The van der Waals surface area contributed by atoms with E-state index in [2.05, 4.69) is 10.6 Å². The molecule has 0 aromatic heterocycles. The molecular formula is C23H34BF2N3O5. The van der Waals surface area contributed by atoms with Gasteiger partial charge in [0.15, 0.2) is 0 Å². The summed E-state index contributed by atoms with van der Waals surface area (Å²) in [6.07, 6.45) is 1.97. The third kappa shape index (κ3) is 7.77. The standard InChI is InChI=1S/C23H34BF2N3O5/c1-15(2)12-20(24(33-5)34-23(3,4)9-11-30)28-21(31)14-27-22(32)19-8-10-29(19)18-7-6-16(25)13-17(18)26/h6-7,11,13,15,19-20H,8-10,12,14H2,1-5H3,(H,27,32)(H,28,31). The van der Waals surface area contributed by atoms with E-state index in [9.17, 15) is 23.2 Å². The van der Waals surface area contributed by atoms with Crippen molar-refractivity contribution in [3.63, 3.8) is 0 Å². The molecule has 1 heterocycles. The number of benzene rings is 1. The van der Waals surface area contributed by atoms with Gasteiger partial charge in [0, 0.05) is 26.1 Å². The molecule has 2 atom stereocenters. The number of hydrogen-bond donors (Lipinski definition) is 2. The SMILES string of the molecule is COB(OC(C)(C)CC=O)C(CC(C)C)NC(=O)CNC(=O)C1CCN1c1ccc(F)cc1F. The zero-order valence-corrected chi connectivity index (χ0v) is 20.4. The van der Waals surface area contributed by atoms with E-state index in [1.165, 1.54) is 18.1 Å². The third-order valence-electron chi connectivity index (χ3n) is 5.61. The summed E-state index contributed by atoms with van der Waals surface area (Å²) in [7, 11) is 0.670. The van der Waals surface area contributed by atoms with Gasteiger partial charge in [0.1, 0.15) is 24.0 Å². The minimum absolute atomic E-state index is 0.146. The van der Waals surface area contributed by atoms with Crippen LogP contribution in [0.2, 0.25) is 0 Å². The fraction of sp³-hybridized carbons (Fsp3) is 0.609. The molecule has 0 aliphatic carbocycles. The van der Waals surface area contributed by atoms with Crippen LogP contribution in [-0.4, -0.2) is 63.0 Å². The van der Waals surface area contributed by atoms with Crippen molar-refractivity contribution in [2.45, 2.75) is 64.5 Å². The van der Waals surface area contributed by atoms with E-state index in [1.54, 1.807) is 13.8 Å². The number of aldehydes is 1.